The lowest BCUT2D eigenvalue weighted by atomic mass is 10.2. The van der Waals surface area contributed by atoms with Gasteiger partial charge < -0.3 is 10.6 Å². The van der Waals surface area contributed by atoms with Gasteiger partial charge in [-0.1, -0.05) is 34.1 Å². The Morgan fingerprint density at radius 2 is 2.00 bits per heavy atom. The Bertz CT molecular complexity index is 1020. The molecule has 0 atom stereocenters. The van der Waals surface area contributed by atoms with Crippen LogP contribution in [0.4, 0.5) is 10.1 Å². The molecule has 0 fully saturated rings. The van der Waals surface area contributed by atoms with Gasteiger partial charge in [0.25, 0.3) is 5.91 Å². The molecule has 1 aromatic heterocycles. The van der Waals surface area contributed by atoms with Crippen LogP contribution in [0.5, 0.6) is 0 Å². The third-order valence-electron chi connectivity index (χ3n) is 4.06. The van der Waals surface area contributed by atoms with Gasteiger partial charge in [0.15, 0.2) is 0 Å². The van der Waals surface area contributed by atoms with E-state index in [2.05, 4.69) is 31.7 Å². The lowest BCUT2D eigenvalue weighted by Gasteiger charge is -2.09. The number of aromatic nitrogens is 2. The highest BCUT2D eigenvalue weighted by atomic mass is 79.9. The minimum absolute atomic E-state index is 0.124. The molecule has 1 heterocycles. The van der Waals surface area contributed by atoms with E-state index in [-0.39, 0.29) is 36.0 Å². The lowest BCUT2D eigenvalue weighted by Crippen LogP contribution is -2.27. The van der Waals surface area contributed by atoms with Gasteiger partial charge in [0.2, 0.25) is 5.91 Å². The van der Waals surface area contributed by atoms with Crippen molar-refractivity contribution in [3.8, 4) is 5.69 Å². The summed E-state index contributed by atoms with van der Waals surface area (Å²) in [6.07, 6.45) is 2.92. The van der Waals surface area contributed by atoms with E-state index in [1.807, 2.05) is 25.1 Å². The van der Waals surface area contributed by atoms with Gasteiger partial charge in [-0.25, -0.2) is 9.07 Å². The van der Waals surface area contributed by atoms with Gasteiger partial charge in [-0.2, -0.15) is 5.10 Å². The minimum Gasteiger partial charge on any atom is -0.351 e. The summed E-state index contributed by atoms with van der Waals surface area (Å²) in [6, 6.07) is 11.8. The molecule has 0 radical (unpaired) electrons. The molecule has 3 aromatic rings. The molecule has 0 aliphatic heterocycles. The molecule has 0 unspecified atom stereocenters. The molecule has 0 aliphatic carbocycles. The van der Waals surface area contributed by atoms with Crippen LogP contribution in [0.2, 0.25) is 0 Å². The molecule has 0 spiro atoms. The van der Waals surface area contributed by atoms with Crippen LogP contribution in [0.3, 0.4) is 0 Å². The first-order valence-electron chi connectivity index (χ1n) is 8.58. The predicted octanol–water partition coefficient (Wildman–Crippen LogP) is 3.84. The standard InChI is InChI=1S/C20H18BrFN4O2/c1-13-6-7-15(21)10-17(13)25-19(27)8-9-23-20(28)14-11-24-26(12-14)18-5-3-2-4-16(18)22/h2-7,10-12H,8-9H2,1H3,(H,23,28)(H,25,27). The highest BCUT2D eigenvalue weighted by Gasteiger charge is 2.12. The summed E-state index contributed by atoms with van der Waals surface area (Å²) in [5.74, 6) is -1.02. The van der Waals surface area contributed by atoms with Crippen LogP contribution >= 0.6 is 15.9 Å². The largest absolute Gasteiger partial charge is 0.351 e. The molecule has 8 heteroatoms. The van der Waals surface area contributed by atoms with Crippen molar-refractivity contribution in [2.75, 3.05) is 11.9 Å². The number of carbonyl (C=O) groups excluding carboxylic acids is 2. The monoisotopic (exact) mass is 444 g/mol. The van der Waals surface area contributed by atoms with Crippen LogP contribution in [0.1, 0.15) is 22.3 Å². The molecule has 144 valence electrons. The van der Waals surface area contributed by atoms with Gasteiger partial charge in [-0.15, -0.1) is 0 Å². The van der Waals surface area contributed by atoms with Gasteiger partial charge in [-0.3, -0.25) is 9.59 Å². The number of amides is 2. The van der Waals surface area contributed by atoms with E-state index >= 15 is 0 Å². The maximum absolute atomic E-state index is 13.8. The van der Waals surface area contributed by atoms with Crippen molar-refractivity contribution in [2.24, 2.45) is 0 Å². The van der Waals surface area contributed by atoms with Crippen molar-refractivity contribution in [3.63, 3.8) is 0 Å². The fourth-order valence-corrected chi connectivity index (χ4v) is 2.90. The van der Waals surface area contributed by atoms with E-state index in [4.69, 9.17) is 0 Å². The Balaban J connectivity index is 1.53. The number of nitrogens with zero attached hydrogens (tertiary/aromatic N) is 2. The van der Waals surface area contributed by atoms with Crippen LogP contribution < -0.4 is 10.6 Å². The number of aryl methyl sites for hydroxylation is 1. The van der Waals surface area contributed by atoms with Crippen molar-refractivity contribution in [3.05, 3.63) is 76.3 Å². The molecule has 3 rings (SSSR count). The number of benzene rings is 2. The van der Waals surface area contributed by atoms with Crippen molar-refractivity contribution in [2.45, 2.75) is 13.3 Å². The molecular formula is C20H18BrFN4O2. The van der Waals surface area contributed by atoms with Crippen LogP contribution in [-0.4, -0.2) is 28.1 Å². The van der Waals surface area contributed by atoms with Gasteiger partial charge in [0.05, 0.1) is 11.8 Å². The fraction of sp³-hybridized carbons (Fsp3) is 0.150. The Labute approximate surface area is 169 Å². The Hall–Kier alpha value is -3.00. The summed E-state index contributed by atoms with van der Waals surface area (Å²) in [6.45, 7) is 2.07. The van der Waals surface area contributed by atoms with E-state index in [1.165, 1.54) is 23.1 Å². The van der Waals surface area contributed by atoms with Crippen LogP contribution in [-0.2, 0) is 4.79 Å². The zero-order valence-electron chi connectivity index (χ0n) is 15.1. The van der Waals surface area contributed by atoms with E-state index in [1.54, 1.807) is 18.2 Å². The summed E-state index contributed by atoms with van der Waals surface area (Å²) in [7, 11) is 0. The molecular weight excluding hydrogens is 427 g/mol. The zero-order chi connectivity index (χ0) is 20.1. The number of halogens is 2. The Morgan fingerprint density at radius 3 is 2.79 bits per heavy atom. The average Bonchev–Trinajstić information content (AvgIpc) is 3.15. The summed E-state index contributed by atoms with van der Waals surface area (Å²) in [5, 5.41) is 9.50. The van der Waals surface area contributed by atoms with Gasteiger partial charge >= 0.3 is 0 Å². The molecule has 0 bridgehead atoms. The topological polar surface area (TPSA) is 76.0 Å². The quantitative estimate of drug-likeness (QED) is 0.606. The smallest absolute Gasteiger partial charge is 0.254 e. The normalized spacial score (nSPS) is 10.5. The van der Waals surface area contributed by atoms with Crippen molar-refractivity contribution >= 4 is 33.4 Å². The second-order valence-corrected chi connectivity index (χ2v) is 7.05. The van der Waals surface area contributed by atoms with E-state index in [0.717, 1.165) is 15.7 Å². The second-order valence-electron chi connectivity index (χ2n) is 6.14. The number of para-hydroxylation sites is 1. The van der Waals surface area contributed by atoms with Crippen molar-refractivity contribution in [1.29, 1.82) is 0 Å². The number of hydrogen-bond donors (Lipinski definition) is 2. The molecule has 6 nitrogen and oxygen atoms in total. The highest BCUT2D eigenvalue weighted by Crippen LogP contribution is 2.20. The van der Waals surface area contributed by atoms with Crippen LogP contribution in [0, 0.1) is 12.7 Å². The summed E-state index contributed by atoms with van der Waals surface area (Å²) >= 11 is 3.37. The number of anilines is 1. The number of rotatable bonds is 6. The van der Waals surface area contributed by atoms with Crippen molar-refractivity contribution < 1.29 is 14.0 Å². The zero-order valence-corrected chi connectivity index (χ0v) is 16.7. The molecule has 0 saturated carbocycles. The van der Waals surface area contributed by atoms with Crippen LogP contribution in [0.15, 0.2) is 59.3 Å². The molecule has 0 aliphatic rings. The molecule has 2 aromatic carbocycles. The van der Waals surface area contributed by atoms with E-state index in [0.29, 0.717) is 0 Å². The highest BCUT2D eigenvalue weighted by molar-refractivity contribution is 9.10. The Morgan fingerprint density at radius 1 is 1.21 bits per heavy atom. The maximum atomic E-state index is 13.8. The van der Waals surface area contributed by atoms with E-state index in [9.17, 15) is 14.0 Å². The summed E-state index contributed by atoms with van der Waals surface area (Å²) in [4.78, 5) is 24.3. The van der Waals surface area contributed by atoms with Crippen LogP contribution in [0.25, 0.3) is 5.69 Å². The molecule has 0 saturated heterocycles. The fourth-order valence-electron chi connectivity index (χ4n) is 2.54. The summed E-state index contributed by atoms with van der Waals surface area (Å²) < 4.78 is 16.0. The first-order chi connectivity index (χ1) is 13.4. The lowest BCUT2D eigenvalue weighted by molar-refractivity contribution is -0.116. The van der Waals surface area contributed by atoms with Gasteiger partial charge in [0, 0.05) is 29.3 Å². The third kappa shape index (κ3) is 4.83. The van der Waals surface area contributed by atoms with Crippen molar-refractivity contribution in [1.82, 2.24) is 15.1 Å². The second kappa shape index (κ2) is 8.79. The predicted molar refractivity (Wildman–Crippen MR) is 108 cm³/mol. The third-order valence-corrected chi connectivity index (χ3v) is 4.55. The molecule has 2 amide bonds. The number of nitrogens with one attached hydrogen (secondary N) is 2. The molecule has 2 N–H and O–H groups in total. The van der Waals surface area contributed by atoms with E-state index < -0.39 is 5.82 Å². The maximum Gasteiger partial charge on any atom is 0.254 e. The average molecular weight is 445 g/mol. The number of carbonyl (C=O) groups is 2. The Kier molecular flexibility index (Phi) is 6.20. The first-order valence-corrected chi connectivity index (χ1v) is 9.37. The van der Waals surface area contributed by atoms with Gasteiger partial charge in [0.1, 0.15) is 11.5 Å². The summed E-state index contributed by atoms with van der Waals surface area (Å²) in [5.41, 5.74) is 2.20. The van der Waals surface area contributed by atoms with Gasteiger partial charge in [-0.05, 0) is 36.8 Å². The SMILES string of the molecule is Cc1ccc(Br)cc1NC(=O)CCNC(=O)c1cnn(-c2ccccc2F)c1. The molecule has 28 heavy (non-hydrogen) atoms. The minimum atomic E-state index is -0.433. The number of hydrogen-bond acceptors (Lipinski definition) is 3. The first kappa shape index (κ1) is 19.8.